The number of carboxylic acid groups (broad SMARTS) is 1. The number of amides is 2. The molecule has 3 aliphatic rings. The molecule has 0 radical (unpaired) electrons. The molecule has 0 spiro atoms. The summed E-state index contributed by atoms with van der Waals surface area (Å²) >= 11 is 1.43. The van der Waals surface area contributed by atoms with Crippen LogP contribution in [0.1, 0.15) is 20.3 Å². The van der Waals surface area contributed by atoms with E-state index in [9.17, 15) is 24.6 Å². The Hall–Kier alpha value is -1.58. The van der Waals surface area contributed by atoms with Gasteiger partial charge < -0.3 is 30.1 Å². The van der Waals surface area contributed by atoms with Gasteiger partial charge in [0, 0.05) is 43.3 Å². The maximum absolute atomic E-state index is 12.5. The summed E-state index contributed by atoms with van der Waals surface area (Å²) in [7, 11) is 3.42. The molecular weight excluding hydrogens is 370 g/mol. The van der Waals surface area contributed by atoms with Crippen molar-refractivity contribution >= 4 is 29.5 Å². The molecule has 3 heterocycles. The minimum atomic E-state index is -1.35. The Balaban J connectivity index is 1.78. The third kappa shape index (κ3) is 3.25. The molecule has 0 aromatic carbocycles. The van der Waals surface area contributed by atoms with Crippen LogP contribution in [0.25, 0.3) is 0 Å². The molecule has 27 heavy (non-hydrogen) atoms. The molecule has 9 heteroatoms. The fraction of sp³-hybridized carbons (Fsp3) is 0.722. The third-order valence-electron chi connectivity index (χ3n) is 5.81. The van der Waals surface area contributed by atoms with Gasteiger partial charge in [-0.25, -0.2) is 0 Å². The summed E-state index contributed by atoms with van der Waals surface area (Å²) in [6, 6.07) is -0.523. The molecule has 0 bridgehead atoms. The Labute approximate surface area is 163 Å². The van der Waals surface area contributed by atoms with Crippen molar-refractivity contribution in [1.82, 2.24) is 15.1 Å². The van der Waals surface area contributed by atoms with Crippen LogP contribution in [0.4, 0.5) is 0 Å². The minimum Gasteiger partial charge on any atom is -0.543 e. The highest BCUT2D eigenvalue weighted by atomic mass is 32.2. The van der Waals surface area contributed by atoms with Crippen LogP contribution >= 0.6 is 11.8 Å². The van der Waals surface area contributed by atoms with Crippen LogP contribution in [-0.2, 0) is 14.4 Å². The minimum absolute atomic E-state index is 0.00232. The van der Waals surface area contributed by atoms with Gasteiger partial charge in [-0.15, -0.1) is 11.8 Å². The predicted molar refractivity (Wildman–Crippen MR) is 98.1 cm³/mol. The van der Waals surface area contributed by atoms with Crippen molar-refractivity contribution in [1.29, 1.82) is 0 Å². The van der Waals surface area contributed by atoms with Crippen molar-refractivity contribution in [2.24, 2.45) is 17.8 Å². The van der Waals surface area contributed by atoms with Gasteiger partial charge in [0.2, 0.25) is 11.8 Å². The number of thioether (sulfide) groups is 1. The summed E-state index contributed by atoms with van der Waals surface area (Å²) < 4.78 is 0. The zero-order valence-corrected chi connectivity index (χ0v) is 16.8. The van der Waals surface area contributed by atoms with Crippen LogP contribution in [0.3, 0.4) is 0 Å². The molecule has 3 aliphatic heterocycles. The van der Waals surface area contributed by atoms with E-state index in [2.05, 4.69) is 5.32 Å². The van der Waals surface area contributed by atoms with E-state index in [0.29, 0.717) is 17.9 Å². The number of nitrogens with one attached hydrogen (secondary N) is 1. The highest BCUT2D eigenvalue weighted by Gasteiger charge is 2.58. The average molecular weight is 396 g/mol. The molecule has 0 aliphatic carbocycles. The Morgan fingerprint density at radius 2 is 2.11 bits per heavy atom. The van der Waals surface area contributed by atoms with E-state index in [1.54, 1.807) is 25.9 Å². The van der Waals surface area contributed by atoms with Gasteiger partial charge in [-0.3, -0.25) is 9.59 Å². The maximum Gasteiger partial charge on any atom is 0.239 e. The smallest absolute Gasteiger partial charge is 0.239 e. The summed E-state index contributed by atoms with van der Waals surface area (Å²) in [4.78, 5) is 40.0. The van der Waals surface area contributed by atoms with Crippen LogP contribution in [0, 0.1) is 17.8 Å². The van der Waals surface area contributed by atoms with Gasteiger partial charge in [0.15, 0.2) is 0 Å². The largest absolute Gasteiger partial charge is 0.543 e. The molecule has 0 unspecified atom stereocenters. The Morgan fingerprint density at radius 3 is 2.67 bits per heavy atom. The first-order valence-corrected chi connectivity index (χ1v) is 10.1. The first-order valence-electron chi connectivity index (χ1n) is 9.19. The van der Waals surface area contributed by atoms with Crippen LogP contribution in [-0.4, -0.2) is 77.3 Å². The highest BCUT2D eigenvalue weighted by molar-refractivity contribution is 8.03. The zero-order valence-electron chi connectivity index (χ0n) is 16.0. The number of rotatable bonds is 6. The number of carbonyl (C=O) groups is 3. The summed E-state index contributed by atoms with van der Waals surface area (Å²) in [6.45, 7) is 4.21. The quantitative estimate of drug-likeness (QED) is 0.531. The molecule has 2 fully saturated rings. The number of hydrogen-bond donors (Lipinski definition) is 2. The number of aliphatic carboxylic acids is 1. The maximum atomic E-state index is 12.5. The van der Waals surface area contributed by atoms with Crippen LogP contribution in [0.2, 0.25) is 0 Å². The Bertz CT molecular complexity index is 694. The number of hydrogen-bond acceptors (Lipinski definition) is 7. The van der Waals surface area contributed by atoms with Crippen molar-refractivity contribution in [2.45, 2.75) is 37.6 Å². The number of likely N-dealkylation sites (N-methyl/N-ethyl adjacent to an activating group) is 1. The molecule has 3 rings (SSSR count). The van der Waals surface area contributed by atoms with Crippen molar-refractivity contribution in [3.05, 3.63) is 10.6 Å². The normalized spacial score (nSPS) is 33.7. The molecule has 0 aromatic rings. The second-order valence-electron chi connectivity index (χ2n) is 7.84. The fourth-order valence-electron chi connectivity index (χ4n) is 4.34. The van der Waals surface area contributed by atoms with Gasteiger partial charge in [0.05, 0.1) is 29.7 Å². The number of aliphatic hydroxyl groups is 1. The lowest BCUT2D eigenvalue weighted by Crippen LogP contribution is -2.63. The van der Waals surface area contributed by atoms with E-state index in [4.69, 9.17) is 0 Å². The second kappa shape index (κ2) is 7.44. The number of β-lactam (4-membered cyclic amide) rings is 1. The van der Waals surface area contributed by atoms with Crippen molar-refractivity contribution in [3.63, 3.8) is 0 Å². The molecular formula is C18H26N3O5S-. The van der Waals surface area contributed by atoms with Crippen molar-refractivity contribution in [3.8, 4) is 0 Å². The molecule has 2 saturated heterocycles. The van der Waals surface area contributed by atoms with Gasteiger partial charge in [0.1, 0.15) is 0 Å². The molecule has 8 nitrogen and oxygen atoms in total. The van der Waals surface area contributed by atoms with Crippen LogP contribution < -0.4 is 10.4 Å². The summed E-state index contributed by atoms with van der Waals surface area (Å²) in [5, 5.41) is 24.4. The first-order chi connectivity index (χ1) is 12.7. The van der Waals surface area contributed by atoms with Crippen LogP contribution in [0.15, 0.2) is 10.6 Å². The molecule has 0 saturated carbocycles. The predicted octanol–water partition coefficient (Wildman–Crippen LogP) is -1.40. The van der Waals surface area contributed by atoms with Gasteiger partial charge in [-0.1, -0.05) is 13.8 Å². The molecule has 2 N–H and O–H groups in total. The Morgan fingerprint density at radius 1 is 1.44 bits per heavy atom. The monoisotopic (exact) mass is 396 g/mol. The number of carboxylic acids is 1. The lowest BCUT2D eigenvalue weighted by molar-refractivity contribution is -0.301. The van der Waals surface area contributed by atoms with E-state index in [-0.39, 0.29) is 59.2 Å². The summed E-state index contributed by atoms with van der Waals surface area (Å²) in [5.74, 6) is -2.33. The van der Waals surface area contributed by atoms with Gasteiger partial charge >= 0.3 is 0 Å². The topological polar surface area (TPSA) is 113 Å². The lowest BCUT2D eigenvalue weighted by atomic mass is 9.75. The SMILES string of the molecule is C[C@@H](CO)[C@H]1C(=O)N2C(C(=O)[O-])=C(S[C@@H]3CN[C@H](C(=O)N(C)C)C3)[C@H](C)[C@H]12. The van der Waals surface area contributed by atoms with E-state index < -0.39 is 5.97 Å². The lowest BCUT2D eigenvalue weighted by Gasteiger charge is -2.48. The average Bonchev–Trinajstić information content (AvgIpc) is 3.17. The molecule has 0 aromatic heterocycles. The van der Waals surface area contributed by atoms with E-state index in [1.807, 2.05) is 6.92 Å². The van der Waals surface area contributed by atoms with Crippen molar-refractivity contribution in [2.75, 3.05) is 27.2 Å². The molecule has 6 atom stereocenters. The highest BCUT2D eigenvalue weighted by Crippen LogP contribution is 2.52. The van der Waals surface area contributed by atoms with Crippen molar-refractivity contribution < 1.29 is 24.6 Å². The number of fused-ring (bicyclic) bond motifs is 1. The van der Waals surface area contributed by atoms with Gasteiger partial charge in [-0.2, -0.15) is 0 Å². The van der Waals surface area contributed by atoms with E-state index >= 15 is 0 Å². The Kier molecular flexibility index (Phi) is 5.56. The van der Waals surface area contributed by atoms with Gasteiger partial charge in [0.25, 0.3) is 0 Å². The molecule has 2 amide bonds. The standard InChI is InChI=1S/C18H27N3O5S/c1-8(7-22)12-13-9(2)15(14(18(25)26)21(13)17(12)24)27-10-5-11(19-6-10)16(23)20(3)4/h8-13,19,22H,5-7H2,1-4H3,(H,25,26)/p-1/t8-,9+,10-,11-,12+,13+/m0/s1. The van der Waals surface area contributed by atoms with E-state index in [0.717, 1.165) is 0 Å². The summed E-state index contributed by atoms with van der Waals surface area (Å²) in [6.07, 6.45) is 0.604. The zero-order chi connectivity index (χ0) is 20.0. The summed E-state index contributed by atoms with van der Waals surface area (Å²) in [5.41, 5.74) is -0.0359. The van der Waals surface area contributed by atoms with Crippen LogP contribution in [0.5, 0.6) is 0 Å². The number of aliphatic hydroxyl groups excluding tert-OH is 1. The van der Waals surface area contributed by atoms with Gasteiger partial charge in [-0.05, 0) is 12.3 Å². The molecule has 150 valence electrons. The third-order valence-corrected chi connectivity index (χ3v) is 7.32. The second-order valence-corrected chi connectivity index (χ2v) is 9.18. The number of carbonyl (C=O) groups excluding carboxylic acids is 3. The first kappa shape index (κ1) is 20.2. The fourth-order valence-corrected chi connectivity index (χ4v) is 5.82. The number of nitrogens with zero attached hydrogens (tertiary/aromatic N) is 2. The van der Waals surface area contributed by atoms with E-state index in [1.165, 1.54) is 16.7 Å².